The molecule has 0 unspecified atom stereocenters. The maximum absolute atomic E-state index is 11.8. The first-order chi connectivity index (χ1) is 11.5. The van der Waals surface area contributed by atoms with E-state index in [4.69, 9.17) is 27.9 Å². The van der Waals surface area contributed by atoms with E-state index < -0.39 is 0 Å². The molecule has 0 spiro atoms. The van der Waals surface area contributed by atoms with Crippen molar-refractivity contribution in [1.29, 1.82) is 0 Å². The molecule has 2 rings (SSSR count). The number of methoxy groups -OCH3 is 1. The predicted octanol–water partition coefficient (Wildman–Crippen LogP) is 2.50. The largest absolute Gasteiger partial charge is 0.453 e. The van der Waals surface area contributed by atoms with Crippen LogP contribution in [0.4, 0.5) is 15.3 Å². The summed E-state index contributed by atoms with van der Waals surface area (Å²) in [5.74, 6) is 0. The lowest BCUT2D eigenvalue weighted by Crippen LogP contribution is -2.50. The Kier molecular flexibility index (Phi) is 6.96. The highest BCUT2D eigenvalue weighted by Gasteiger charge is 2.21. The maximum atomic E-state index is 11.8. The van der Waals surface area contributed by atoms with E-state index in [0.29, 0.717) is 41.9 Å². The van der Waals surface area contributed by atoms with E-state index in [-0.39, 0.29) is 12.1 Å². The van der Waals surface area contributed by atoms with Crippen molar-refractivity contribution in [2.75, 3.05) is 51.7 Å². The molecule has 0 aliphatic carbocycles. The van der Waals surface area contributed by atoms with Crippen LogP contribution in [-0.2, 0) is 4.74 Å². The van der Waals surface area contributed by atoms with Crippen molar-refractivity contribution < 1.29 is 14.3 Å². The number of urea groups is 1. The number of benzene rings is 1. The summed E-state index contributed by atoms with van der Waals surface area (Å²) in [6.07, 6.45) is -0.297. The summed E-state index contributed by atoms with van der Waals surface area (Å²) in [6.45, 7) is 3.98. The summed E-state index contributed by atoms with van der Waals surface area (Å²) in [7, 11) is 1.38. The standard InChI is InChI=1S/C15H20Cl2N4O3/c1-24-15(23)21-8-6-20(7-9-21)5-4-18-14(22)19-11-2-3-12(16)13(17)10-11/h2-3,10H,4-9H2,1H3,(H2,18,19,22). The van der Waals surface area contributed by atoms with Gasteiger partial charge in [-0.3, -0.25) is 4.90 Å². The number of anilines is 1. The molecule has 0 radical (unpaired) electrons. The minimum atomic E-state index is -0.304. The molecule has 1 heterocycles. The van der Waals surface area contributed by atoms with Gasteiger partial charge in [-0.1, -0.05) is 23.2 Å². The number of carbonyl (C=O) groups excluding carboxylic acids is 2. The maximum Gasteiger partial charge on any atom is 0.409 e. The van der Waals surface area contributed by atoms with Crippen LogP contribution in [0.3, 0.4) is 0 Å². The van der Waals surface area contributed by atoms with Gasteiger partial charge in [-0.05, 0) is 18.2 Å². The molecule has 0 aromatic heterocycles. The summed E-state index contributed by atoms with van der Waals surface area (Å²) >= 11 is 11.7. The van der Waals surface area contributed by atoms with Crippen molar-refractivity contribution in [3.63, 3.8) is 0 Å². The van der Waals surface area contributed by atoms with Gasteiger partial charge in [0.25, 0.3) is 0 Å². The fraction of sp³-hybridized carbons (Fsp3) is 0.467. The second-order valence-electron chi connectivity index (χ2n) is 5.31. The number of halogens is 2. The first-order valence-electron chi connectivity index (χ1n) is 7.54. The van der Waals surface area contributed by atoms with E-state index in [9.17, 15) is 9.59 Å². The Morgan fingerprint density at radius 1 is 1.17 bits per heavy atom. The van der Waals surface area contributed by atoms with E-state index in [1.165, 1.54) is 7.11 Å². The normalized spacial score (nSPS) is 15.0. The van der Waals surface area contributed by atoms with Gasteiger partial charge in [-0.2, -0.15) is 0 Å². The lowest BCUT2D eigenvalue weighted by atomic mass is 10.3. The first kappa shape index (κ1) is 18.6. The molecule has 1 aliphatic rings. The van der Waals surface area contributed by atoms with E-state index in [0.717, 1.165) is 13.1 Å². The molecule has 132 valence electrons. The van der Waals surface area contributed by atoms with Gasteiger partial charge in [0, 0.05) is 45.0 Å². The molecule has 24 heavy (non-hydrogen) atoms. The van der Waals surface area contributed by atoms with Crippen molar-refractivity contribution in [1.82, 2.24) is 15.1 Å². The van der Waals surface area contributed by atoms with Crippen LogP contribution in [0, 0.1) is 0 Å². The van der Waals surface area contributed by atoms with E-state index >= 15 is 0 Å². The lowest BCUT2D eigenvalue weighted by Gasteiger charge is -2.33. The number of nitrogens with zero attached hydrogens (tertiary/aromatic N) is 2. The third kappa shape index (κ3) is 5.43. The molecule has 7 nitrogen and oxygen atoms in total. The topological polar surface area (TPSA) is 73.9 Å². The molecule has 0 saturated carbocycles. The highest BCUT2D eigenvalue weighted by Crippen LogP contribution is 2.24. The zero-order chi connectivity index (χ0) is 17.5. The lowest BCUT2D eigenvalue weighted by molar-refractivity contribution is 0.0916. The van der Waals surface area contributed by atoms with Crippen molar-refractivity contribution in [2.24, 2.45) is 0 Å². The molecule has 1 aromatic carbocycles. The van der Waals surface area contributed by atoms with Gasteiger partial charge in [0.2, 0.25) is 0 Å². The SMILES string of the molecule is COC(=O)N1CCN(CCNC(=O)Nc2ccc(Cl)c(Cl)c2)CC1. The van der Waals surface area contributed by atoms with Gasteiger partial charge >= 0.3 is 12.1 Å². The van der Waals surface area contributed by atoms with Crippen LogP contribution in [0.5, 0.6) is 0 Å². The molecule has 1 saturated heterocycles. The van der Waals surface area contributed by atoms with Crippen LogP contribution >= 0.6 is 23.2 Å². The number of rotatable bonds is 4. The van der Waals surface area contributed by atoms with Gasteiger partial charge < -0.3 is 20.3 Å². The summed E-state index contributed by atoms with van der Waals surface area (Å²) < 4.78 is 4.70. The third-order valence-corrected chi connectivity index (χ3v) is 4.44. The number of carbonyl (C=O) groups is 2. The minimum Gasteiger partial charge on any atom is -0.453 e. The van der Waals surface area contributed by atoms with Crippen LogP contribution in [0.1, 0.15) is 0 Å². The van der Waals surface area contributed by atoms with Crippen LogP contribution in [0.2, 0.25) is 10.0 Å². The molecule has 9 heteroatoms. The van der Waals surface area contributed by atoms with E-state index in [1.807, 2.05) is 0 Å². The summed E-state index contributed by atoms with van der Waals surface area (Å²) in [5.41, 5.74) is 0.577. The van der Waals surface area contributed by atoms with Gasteiger partial charge in [0.15, 0.2) is 0 Å². The molecule has 1 fully saturated rings. The Hall–Kier alpha value is -1.70. The third-order valence-electron chi connectivity index (χ3n) is 3.70. The van der Waals surface area contributed by atoms with Crippen LogP contribution in [0.25, 0.3) is 0 Å². The van der Waals surface area contributed by atoms with Gasteiger partial charge in [-0.15, -0.1) is 0 Å². The van der Waals surface area contributed by atoms with Crippen LogP contribution < -0.4 is 10.6 Å². The predicted molar refractivity (Wildman–Crippen MR) is 93.9 cm³/mol. The number of hydrogen-bond donors (Lipinski definition) is 2. The van der Waals surface area contributed by atoms with Crippen molar-refractivity contribution >= 4 is 41.0 Å². The smallest absolute Gasteiger partial charge is 0.409 e. The van der Waals surface area contributed by atoms with E-state index in [2.05, 4.69) is 15.5 Å². The van der Waals surface area contributed by atoms with Gasteiger partial charge in [0.05, 0.1) is 17.2 Å². The first-order valence-corrected chi connectivity index (χ1v) is 8.30. The fourth-order valence-electron chi connectivity index (χ4n) is 2.36. The molecule has 1 aromatic rings. The Bertz CT molecular complexity index is 592. The number of nitrogens with one attached hydrogen (secondary N) is 2. The quantitative estimate of drug-likeness (QED) is 0.848. The molecule has 0 bridgehead atoms. The van der Waals surface area contributed by atoms with Crippen molar-refractivity contribution in [2.45, 2.75) is 0 Å². The second-order valence-corrected chi connectivity index (χ2v) is 6.12. The Morgan fingerprint density at radius 3 is 2.50 bits per heavy atom. The number of piperazine rings is 1. The molecular formula is C15H20Cl2N4O3. The highest BCUT2D eigenvalue weighted by molar-refractivity contribution is 6.42. The van der Waals surface area contributed by atoms with Gasteiger partial charge in [-0.25, -0.2) is 9.59 Å². The molecule has 1 aliphatic heterocycles. The summed E-state index contributed by atoms with van der Waals surface area (Å²) in [4.78, 5) is 27.1. The molecule has 0 atom stereocenters. The highest BCUT2D eigenvalue weighted by atomic mass is 35.5. The Balaban J connectivity index is 1.66. The number of ether oxygens (including phenoxy) is 1. The van der Waals surface area contributed by atoms with Crippen molar-refractivity contribution in [3.05, 3.63) is 28.2 Å². The van der Waals surface area contributed by atoms with E-state index in [1.54, 1.807) is 23.1 Å². The fourth-order valence-corrected chi connectivity index (χ4v) is 2.66. The van der Waals surface area contributed by atoms with Gasteiger partial charge in [0.1, 0.15) is 0 Å². The molecular weight excluding hydrogens is 355 g/mol. The number of hydrogen-bond acceptors (Lipinski definition) is 4. The monoisotopic (exact) mass is 374 g/mol. The van der Waals surface area contributed by atoms with Crippen molar-refractivity contribution in [3.8, 4) is 0 Å². The second kappa shape index (κ2) is 8.96. The number of amides is 3. The Morgan fingerprint density at radius 2 is 1.88 bits per heavy atom. The zero-order valence-corrected chi connectivity index (χ0v) is 14.9. The summed E-state index contributed by atoms with van der Waals surface area (Å²) in [6, 6.07) is 4.59. The summed E-state index contributed by atoms with van der Waals surface area (Å²) in [5, 5.41) is 6.31. The zero-order valence-electron chi connectivity index (χ0n) is 13.3. The molecule has 3 amide bonds. The molecule has 2 N–H and O–H groups in total. The minimum absolute atomic E-state index is 0.297. The average Bonchev–Trinajstić information content (AvgIpc) is 2.58. The Labute approximate surface area is 150 Å². The van der Waals surface area contributed by atoms with Crippen LogP contribution in [0.15, 0.2) is 18.2 Å². The average molecular weight is 375 g/mol. The van der Waals surface area contributed by atoms with Crippen LogP contribution in [-0.4, -0.2) is 68.3 Å².